The normalized spacial score (nSPS) is 9.71. The second-order valence-electron chi connectivity index (χ2n) is 3.59. The summed E-state index contributed by atoms with van der Waals surface area (Å²) in [5.41, 5.74) is 1.61. The molecule has 0 fully saturated rings. The number of carbonyl (C=O) groups is 1. The first-order valence-corrected chi connectivity index (χ1v) is 5.12. The molecule has 0 heterocycles. The Morgan fingerprint density at radius 1 is 0.824 bits per heavy atom. The molecule has 0 radical (unpaired) electrons. The molecule has 2 aromatic carbocycles. The van der Waals surface area contributed by atoms with E-state index in [9.17, 15) is 9.90 Å². The Labute approximate surface area is 123 Å². The van der Waals surface area contributed by atoms with Gasteiger partial charge in [0.05, 0.1) is 0 Å². The van der Waals surface area contributed by atoms with Gasteiger partial charge in [-0.3, -0.25) is 4.79 Å². The van der Waals surface area contributed by atoms with E-state index in [1.165, 1.54) is 0 Å². The summed E-state index contributed by atoms with van der Waals surface area (Å²) in [4.78, 5) is 11.3. The van der Waals surface area contributed by atoms with Crippen LogP contribution in [0.2, 0.25) is 0 Å². The van der Waals surface area contributed by atoms with Gasteiger partial charge in [-0.25, -0.2) is 0 Å². The molecule has 0 aromatic heterocycles. The molecule has 0 spiro atoms. The van der Waals surface area contributed by atoms with Gasteiger partial charge in [0, 0.05) is 0 Å². The van der Waals surface area contributed by atoms with Crippen LogP contribution in [0, 0.1) is 0 Å². The van der Waals surface area contributed by atoms with Crippen molar-refractivity contribution in [2.24, 2.45) is 0 Å². The van der Waals surface area contributed by atoms with Gasteiger partial charge in [0.15, 0.2) is 0 Å². The Morgan fingerprint density at radius 3 is 1.47 bits per heavy atom. The van der Waals surface area contributed by atoms with Gasteiger partial charge in [0.2, 0.25) is 0 Å². The molecule has 0 aliphatic heterocycles. The molecule has 0 bridgehead atoms. The summed E-state index contributed by atoms with van der Waals surface area (Å²) in [7, 11) is 0. The average molecular weight is 236 g/mol. The van der Waals surface area contributed by atoms with Crippen LogP contribution in [0.25, 0.3) is 0 Å². The van der Waals surface area contributed by atoms with E-state index in [1.54, 1.807) is 0 Å². The van der Waals surface area contributed by atoms with Crippen molar-refractivity contribution in [1.29, 1.82) is 0 Å². The molecule has 1 N–H and O–H groups in total. The van der Waals surface area contributed by atoms with Gasteiger partial charge in [-0.2, -0.15) is 0 Å². The number of aliphatic carboxylic acids is 1. The molecule has 2 aromatic rings. The van der Waals surface area contributed by atoms with Crippen molar-refractivity contribution in [3.8, 4) is 0 Å². The summed E-state index contributed by atoms with van der Waals surface area (Å²) >= 11 is 0. The summed E-state index contributed by atoms with van der Waals surface area (Å²) in [6.45, 7) is 0. The Kier molecular flexibility index (Phi) is 5.42. The van der Waals surface area contributed by atoms with Crippen LogP contribution in [0.15, 0.2) is 60.7 Å². The Bertz CT molecular complexity index is 429. The van der Waals surface area contributed by atoms with Crippen LogP contribution in [-0.4, -0.2) is 40.6 Å². The van der Waals surface area contributed by atoms with Crippen LogP contribution in [-0.2, 0) is 4.79 Å². The predicted octanol–water partition coefficient (Wildman–Crippen LogP) is 2.25. The summed E-state index contributed by atoms with van der Waals surface area (Å²) in [5.74, 6) is -1.40. The molecule has 0 saturated heterocycles. The van der Waals surface area contributed by atoms with Gasteiger partial charge in [0.1, 0.15) is 5.92 Å². The van der Waals surface area contributed by atoms with Crippen LogP contribution in [0.4, 0.5) is 0 Å². The molecule has 2 nitrogen and oxygen atoms in total. The first-order valence-electron chi connectivity index (χ1n) is 5.12. The van der Waals surface area contributed by atoms with Crippen LogP contribution in [0.1, 0.15) is 17.0 Å². The van der Waals surface area contributed by atoms with Gasteiger partial charge < -0.3 is 5.11 Å². The molecule has 82 valence electrons. The fraction of sp³-hybridized carbons (Fsp3) is 0.0714. The fourth-order valence-electron chi connectivity index (χ4n) is 1.77. The third-order valence-corrected chi connectivity index (χ3v) is 2.51. The second kappa shape index (κ2) is 6.60. The molecule has 0 aliphatic carbocycles. The zero-order valence-corrected chi connectivity index (χ0v) is 8.71. The predicted molar refractivity (Wildman–Crippen MR) is 69.5 cm³/mol. The van der Waals surface area contributed by atoms with Crippen molar-refractivity contribution in [3.05, 3.63) is 71.8 Å². The maximum atomic E-state index is 11.3. The van der Waals surface area contributed by atoms with Crippen molar-refractivity contribution in [1.82, 2.24) is 0 Å². The third kappa shape index (κ3) is 3.43. The Balaban J connectivity index is 0.00000144. The standard InChI is InChI=1S/C14H12O2.Na.H/c15-14(16)13(11-7-3-1-4-8-11)12-9-5-2-6-10-12;;/h1-10,13H,(H,15,16);;. The zero-order chi connectivity index (χ0) is 11.4. The van der Waals surface area contributed by atoms with Crippen LogP contribution in [0.3, 0.4) is 0 Å². The molecule has 2 rings (SSSR count). The van der Waals surface area contributed by atoms with E-state index in [-0.39, 0.29) is 29.6 Å². The number of benzene rings is 2. The molecule has 3 heteroatoms. The Hall–Kier alpha value is -1.09. The minimum absolute atomic E-state index is 0. The van der Waals surface area contributed by atoms with Crippen molar-refractivity contribution < 1.29 is 9.90 Å². The maximum absolute atomic E-state index is 11.3. The third-order valence-electron chi connectivity index (χ3n) is 2.51. The second-order valence-corrected chi connectivity index (χ2v) is 3.59. The summed E-state index contributed by atoms with van der Waals surface area (Å²) < 4.78 is 0. The van der Waals surface area contributed by atoms with E-state index in [2.05, 4.69) is 0 Å². The van der Waals surface area contributed by atoms with Gasteiger partial charge in [-0.1, -0.05) is 60.7 Å². The van der Waals surface area contributed by atoms with Gasteiger partial charge in [-0.15, -0.1) is 0 Å². The quantitative estimate of drug-likeness (QED) is 0.830. The van der Waals surface area contributed by atoms with Gasteiger partial charge in [0.25, 0.3) is 0 Å². The van der Waals surface area contributed by atoms with Crippen LogP contribution in [0.5, 0.6) is 0 Å². The van der Waals surface area contributed by atoms with E-state index in [0.29, 0.717) is 0 Å². The van der Waals surface area contributed by atoms with Crippen LogP contribution < -0.4 is 0 Å². The minimum atomic E-state index is -0.822. The topological polar surface area (TPSA) is 37.3 Å². The molecule has 0 unspecified atom stereocenters. The number of rotatable bonds is 3. The Morgan fingerprint density at radius 2 is 1.18 bits per heavy atom. The summed E-state index contributed by atoms with van der Waals surface area (Å²) in [6.07, 6.45) is 0. The van der Waals surface area contributed by atoms with Crippen molar-refractivity contribution in [2.75, 3.05) is 0 Å². The summed E-state index contributed by atoms with van der Waals surface area (Å²) in [6, 6.07) is 18.5. The van der Waals surface area contributed by atoms with Crippen molar-refractivity contribution >= 4 is 35.5 Å². The molecule has 0 aliphatic rings. The summed E-state index contributed by atoms with van der Waals surface area (Å²) in [5, 5.41) is 9.28. The average Bonchev–Trinajstić information content (AvgIpc) is 2.31. The van der Waals surface area contributed by atoms with E-state index in [0.717, 1.165) is 11.1 Å². The fourth-order valence-corrected chi connectivity index (χ4v) is 1.77. The molecular weight excluding hydrogens is 223 g/mol. The first kappa shape index (κ1) is 14.0. The monoisotopic (exact) mass is 236 g/mol. The van der Waals surface area contributed by atoms with Crippen molar-refractivity contribution in [2.45, 2.75) is 5.92 Å². The zero-order valence-electron chi connectivity index (χ0n) is 8.71. The van der Waals surface area contributed by atoms with E-state index in [1.807, 2.05) is 60.7 Å². The molecular formula is C14H13NaO2. The van der Waals surface area contributed by atoms with E-state index >= 15 is 0 Å². The first-order chi connectivity index (χ1) is 7.79. The molecule has 17 heavy (non-hydrogen) atoms. The van der Waals surface area contributed by atoms with Crippen LogP contribution >= 0.6 is 0 Å². The van der Waals surface area contributed by atoms with Gasteiger partial charge in [-0.05, 0) is 11.1 Å². The molecule has 0 atom stereocenters. The van der Waals surface area contributed by atoms with Gasteiger partial charge >= 0.3 is 35.5 Å². The molecule has 0 saturated carbocycles. The SMILES string of the molecule is O=C(O)C(c1ccccc1)c1ccccc1.[NaH]. The number of carboxylic acid groups (broad SMARTS) is 1. The number of hydrogen-bond donors (Lipinski definition) is 1. The van der Waals surface area contributed by atoms with Crippen molar-refractivity contribution in [3.63, 3.8) is 0 Å². The number of hydrogen-bond acceptors (Lipinski definition) is 1. The molecule has 0 amide bonds. The number of carboxylic acids is 1. The van der Waals surface area contributed by atoms with E-state index < -0.39 is 11.9 Å². The van der Waals surface area contributed by atoms with E-state index in [4.69, 9.17) is 0 Å².